The summed E-state index contributed by atoms with van der Waals surface area (Å²) in [6, 6.07) is 7.03. The molecule has 2 aromatic rings. The molecule has 2 rings (SSSR count). The normalized spacial score (nSPS) is 11.7. The number of hydrogen-bond acceptors (Lipinski definition) is 2. The number of aromatic carboxylic acids is 1. The van der Waals surface area contributed by atoms with Crippen LogP contribution < -0.4 is 0 Å². The van der Waals surface area contributed by atoms with Crippen LogP contribution in [0.5, 0.6) is 0 Å². The maximum Gasteiger partial charge on any atom is 0.434 e. The van der Waals surface area contributed by atoms with Crippen LogP contribution in [0.2, 0.25) is 0 Å². The van der Waals surface area contributed by atoms with Crippen molar-refractivity contribution in [2.24, 2.45) is 0 Å². The van der Waals surface area contributed by atoms with E-state index in [-0.39, 0.29) is 5.52 Å². The van der Waals surface area contributed by atoms with Crippen LogP contribution in [-0.2, 0) is 6.18 Å². The molecule has 3 nitrogen and oxygen atoms in total. The number of rotatable bonds is 1. The summed E-state index contributed by atoms with van der Waals surface area (Å²) in [6.45, 7) is 0. The zero-order chi connectivity index (χ0) is 12.6. The number of halogens is 3. The zero-order valence-corrected chi connectivity index (χ0v) is 8.32. The van der Waals surface area contributed by atoms with Crippen LogP contribution in [0.25, 0.3) is 10.9 Å². The van der Waals surface area contributed by atoms with Crippen LogP contribution in [0, 0.1) is 0 Å². The number of nitrogens with zero attached hydrogens (tertiary/aromatic N) is 1. The standard InChI is InChI=1S/C11H6F3NO2/c12-11(13,14)9-7(10(16)17)5-6-3-1-2-4-8(6)15-9/h1-5H,(H,16,17). The van der Waals surface area contributed by atoms with Gasteiger partial charge in [0, 0.05) is 5.39 Å². The monoisotopic (exact) mass is 241 g/mol. The molecule has 0 aliphatic carbocycles. The second kappa shape index (κ2) is 3.73. The molecule has 6 heteroatoms. The maximum absolute atomic E-state index is 12.6. The molecule has 0 unspecified atom stereocenters. The van der Waals surface area contributed by atoms with Gasteiger partial charge in [0.05, 0.1) is 11.1 Å². The van der Waals surface area contributed by atoms with Crippen LogP contribution in [0.15, 0.2) is 30.3 Å². The lowest BCUT2D eigenvalue weighted by Gasteiger charge is -2.10. The predicted octanol–water partition coefficient (Wildman–Crippen LogP) is 2.95. The summed E-state index contributed by atoms with van der Waals surface area (Å²) < 4.78 is 37.8. The second-order valence-electron chi connectivity index (χ2n) is 3.38. The number of benzene rings is 1. The molecule has 1 heterocycles. The summed E-state index contributed by atoms with van der Waals surface area (Å²) in [7, 11) is 0. The van der Waals surface area contributed by atoms with Crippen molar-refractivity contribution in [3.05, 3.63) is 41.6 Å². The Morgan fingerprint density at radius 3 is 2.47 bits per heavy atom. The minimum atomic E-state index is -4.78. The Morgan fingerprint density at radius 1 is 1.24 bits per heavy atom. The van der Waals surface area contributed by atoms with E-state index < -0.39 is 23.4 Å². The highest BCUT2D eigenvalue weighted by Crippen LogP contribution is 2.32. The number of para-hydroxylation sites is 1. The number of carboxylic acids is 1. The van der Waals surface area contributed by atoms with E-state index in [0.29, 0.717) is 5.39 Å². The van der Waals surface area contributed by atoms with Crippen molar-refractivity contribution >= 4 is 16.9 Å². The summed E-state index contributed by atoms with van der Waals surface area (Å²) in [4.78, 5) is 14.1. The van der Waals surface area contributed by atoms with Gasteiger partial charge in [-0.3, -0.25) is 0 Å². The summed E-state index contributed by atoms with van der Waals surface area (Å²) in [5.41, 5.74) is -2.09. The second-order valence-corrected chi connectivity index (χ2v) is 3.38. The molecule has 1 aromatic heterocycles. The highest BCUT2D eigenvalue weighted by Gasteiger charge is 2.37. The third-order valence-electron chi connectivity index (χ3n) is 2.22. The molecular weight excluding hydrogens is 235 g/mol. The van der Waals surface area contributed by atoms with Gasteiger partial charge >= 0.3 is 12.1 Å². The number of pyridine rings is 1. The number of aromatic nitrogens is 1. The first kappa shape index (κ1) is 11.4. The molecule has 0 radical (unpaired) electrons. The Kier molecular flexibility index (Phi) is 2.49. The highest BCUT2D eigenvalue weighted by molar-refractivity contribution is 5.94. The lowest BCUT2D eigenvalue weighted by Crippen LogP contribution is -2.15. The Balaban J connectivity index is 2.80. The number of alkyl halides is 3. The SMILES string of the molecule is O=C(O)c1cc2ccccc2nc1C(F)(F)F. The molecule has 0 saturated carbocycles. The minimum absolute atomic E-state index is 0.116. The van der Waals surface area contributed by atoms with Crippen molar-refractivity contribution in [1.29, 1.82) is 0 Å². The fourth-order valence-electron chi connectivity index (χ4n) is 1.50. The summed E-state index contributed by atoms with van der Waals surface area (Å²) in [5.74, 6) is -1.64. The Morgan fingerprint density at radius 2 is 1.88 bits per heavy atom. The summed E-state index contributed by atoms with van der Waals surface area (Å²) in [6.07, 6.45) is -4.78. The van der Waals surface area contributed by atoms with E-state index in [1.807, 2.05) is 0 Å². The van der Waals surface area contributed by atoms with Crippen LogP contribution >= 0.6 is 0 Å². The van der Waals surface area contributed by atoms with Gasteiger partial charge in [0.1, 0.15) is 0 Å². The molecule has 0 aliphatic heterocycles. The van der Waals surface area contributed by atoms with Crippen LogP contribution in [0.1, 0.15) is 16.1 Å². The van der Waals surface area contributed by atoms with Gasteiger partial charge in [-0.15, -0.1) is 0 Å². The van der Waals surface area contributed by atoms with Crippen molar-refractivity contribution in [2.45, 2.75) is 6.18 Å². The van der Waals surface area contributed by atoms with Crippen molar-refractivity contribution in [3.63, 3.8) is 0 Å². The summed E-state index contributed by atoms with van der Waals surface area (Å²) in [5, 5.41) is 9.11. The molecule has 1 N–H and O–H groups in total. The van der Waals surface area contributed by atoms with E-state index in [4.69, 9.17) is 5.11 Å². The van der Waals surface area contributed by atoms with E-state index in [1.54, 1.807) is 6.07 Å². The molecule has 88 valence electrons. The van der Waals surface area contributed by atoms with E-state index >= 15 is 0 Å². The first-order chi connectivity index (χ1) is 7.89. The number of fused-ring (bicyclic) bond motifs is 1. The van der Waals surface area contributed by atoms with Crippen LogP contribution in [0.4, 0.5) is 13.2 Å². The van der Waals surface area contributed by atoms with E-state index in [2.05, 4.69) is 4.98 Å². The lowest BCUT2D eigenvalue weighted by atomic mass is 10.1. The largest absolute Gasteiger partial charge is 0.478 e. The van der Waals surface area contributed by atoms with Crippen molar-refractivity contribution in [3.8, 4) is 0 Å². The molecule has 0 aliphatic rings. The number of carboxylic acid groups (broad SMARTS) is 1. The van der Waals surface area contributed by atoms with Crippen LogP contribution in [0.3, 0.4) is 0 Å². The predicted molar refractivity (Wildman–Crippen MR) is 53.7 cm³/mol. The number of hydrogen-bond donors (Lipinski definition) is 1. The third kappa shape index (κ3) is 2.06. The lowest BCUT2D eigenvalue weighted by molar-refractivity contribution is -0.141. The molecular formula is C11H6F3NO2. The molecule has 0 atom stereocenters. The van der Waals surface area contributed by atoms with E-state index in [1.165, 1.54) is 18.2 Å². The smallest absolute Gasteiger partial charge is 0.434 e. The van der Waals surface area contributed by atoms with Crippen molar-refractivity contribution < 1.29 is 23.1 Å². The first-order valence-corrected chi connectivity index (χ1v) is 4.60. The van der Waals surface area contributed by atoms with Gasteiger partial charge in [-0.25, -0.2) is 9.78 Å². The van der Waals surface area contributed by atoms with Crippen molar-refractivity contribution in [2.75, 3.05) is 0 Å². The Labute approximate surface area is 93.5 Å². The Hall–Kier alpha value is -2.11. The van der Waals surface area contributed by atoms with E-state index in [0.717, 1.165) is 6.07 Å². The zero-order valence-electron chi connectivity index (χ0n) is 8.32. The van der Waals surface area contributed by atoms with Crippen LogP contribution in [-0.4, -0.2) is 16.1 Å². The quantitative estimate of drug-likeness (QED) is 0.835. The molecule has 1 aromatic carbocycles. The fourth-order valence-corrected chi connectivity index (χ4v) is 1.50. The van der Waals surface area contributed by atoms with Gasteiger partial charge in [-0.05, 0) is 12.1 Å². The van der Waals surface area contributed by atoms with Gasteiger partial charge in [0.2, 0.25) is 0 Å². The van der Waals surface area contributed by atoms with E-state index in [9.17, 15) is 18.0 Å². The molecule has 0 bridgehead atoms. The van der Waals surface area contributed by atoms with Gasteiger partial charge in [0.15, 0.2) is 5.69 Å². The average Bonchev–Trinajstić information content (AvgIpc) is 2.26. The highest BCUT2D eigenvalue weighted by atomic mass is 19.4. The third-order valence-corrected chi connectivity index (χ3v) is 2.22. The minimum Gasteiger partial charge on any atom is -0.478 e. The fraction of sp³-hybridized carbons (Fsp3) is 0.0909. The first-order valence-electron chi connectivity index (χ1n) is 4.60. The molecule has 0 spiro atoms. The molecule has 0 amide bonds. The average molecular weight is 241 g/mol. The number of carbonyl (C=O) groups is 1. The molecule has 0 fully saturated rings. The molecule has 0 saturated heterocycles. The van der Waals surface area contributed by atoms with Crippen molar-refractivity contribution in [1.82, 2.24) is 4.98 Å². The van der Waals surface area contributed by atoms with Gasteiger partial charge in [0.25, 0.3) is 0 Å². The van der Waals surface area contributed by atoms with Gasteiger partial charge in [-0.1, -0.05) is 18.2 Å². The molecule has 17 heavy (non-hydrogen) atoms. The Bertz CT molecular complexity index is 593. The summed E-state index contributed by atoms with van der Waals surface area (Å²) >= 11 is 0. The topological polar surface area (TPSA) is 50.2 Å². The maximum atomic E-state index is 12.6. The van der Waals surface area contributed by atoms with Gasteiger partial charge in [-0.2, -0.15) is 13.2 Å². The van der Waals surface area contributed by atoms with Gasteiger partial charge < -0.3 is 5.11 Å².